The molecule has 0 radical (unpaired) electrons. The highest BCUT2D eigenvalue weighted by molar-refractivity contribution is 7.20. The molecule has 7 heteroatoms. The van der Waals surface area contributed by atoms with E-state index in [1.807, 2.05) is 20.8 Å². The van der Waals surface area contributed by atoms with E-state index in [4.69, 9.17) is 0 Å². The van der Waals surface area contributed by atoms with E-state index >= 15 is 0 Å². The SMILES string of the molecule is CCCNC(=O)CNC(=O)c1sc2nc(C3CC3)nc(C)c2c1C. The zero-order valence-electron chi connectivity index (χ0n) is 14.2. The number of hydrogen-bond donors (Lipinski definition) is 2. The van der Waals surface area contributed by atoms with Gasteiger partial charge in [0.05, 0.1) is 17.1 Å². The molecule has 2 amide bonds. The van der Waals surface area contributed by atoms with Crippen molar-refractivity contribution in [1.82, 2.24) is 20.6 Å². The van der Waals surface area contributed by atoms with Gasteiger partial charge < -0.3 is 10.6 Å². The second kappa shape index (κ2) is 6.84. The van der Waals surface area contributed by atoms with E-state index in [9.17, 15) is 9.59 Å². The molecule has 0 unspecified atom stereocenters. The van der Waals surface area contributed by atoms with Gasteiger partial charge >= 0.3 is 0 Å². The number of amides is 2. The lowest BCUT2D eigenvalue weighted by Crippen LogP contribution is -2.37. The predicted molar refractivity (Wildman–Crippen MR) is 94.5 cm³/mol. The van der Waals surface area contributed by atoms with E-state index in [0.717, 1.165) is 46.6 Å². The van der Waals surface area contributed by atoms with Crippen molar-refractivity contribution in [2.75, 3.05) is 13.1 Å². The monoisotopic (exact) mass is 346 g/mol. The quantitative estimate of drug-likeness (QED) is 0.841. The number of carbonyl (C=O) groups excluding carboxylic acids is 2. The molecule has 2 N–H and O–H groups in total. The topological polar surface area (TPSA) is 84.0 Å². The van der Waals surface area contributed by atoms with Gasteiger partial charge in [0.2, 0.25) is 5.91 Å². The number of hydrogen-bond acceptors (Lipinski definition) is 5. The Morgan fingerprint density at radius 1 is 1.21 bits per heavy atom. The molecule has 1 aliphatic carbocycles. The lowest BCUT2D eigenvalue weighted by atomic mass is 10.1. The zero-order valence-corrected chi connectivity index (χ0v) is 15.0. The summed E-state index contributed by atoms with van der Waals surface area (Å²) in [6.45, 7) is 6.48. The maximum absolute atomic E-state index is 12.4. The molecule has 1 fully saturated rings. The second-order valence-corrected chi connectivity index (χ2v) is 7.21. The van der Waals surface area contributed by atoms with Gasteiger partial charge in [0.1, 0.15) is 10.7 Å². The third-order valence-corrected chi connectivity index (χ3v) is 5.30. The van der Waals surface area contributed by atoms with Gasteiger partial charge in [-0.1, -0.05) is 6.92 Å². The molecule has 1 saturated carbocycles. The molecule has 0 spiro atoms. The first-order valence-electron chi connectivity index (χ1n) is 8.33. The molecular formula is C17H22N4O2S. The largest absolute Gasteiger partial charge is 0.355 e. The van der Waals surface area contributed by atoms with Crippen LogP contribution >= 0.6 is 11.3 Å². The van der Waals surface area contributed by atoms with Crippen LogP contribution in [0, 0.1) is 13.8 Å². The molecule has 24 heavy (non-hydrogen) atoms. The first-order valence-corrected chi connectivity index (χ1v) is 9.15. The van der Waals surface area contributed by atoms with Crippen LogP contribution in [0.4, 0.5) is 0 Å². The fourth-order valence-corrected chi connectivity index (χ4v) is 3.82. The molecular weight excluding hydrogens is 324 g/mol. The van der Waals surface area contributed by atoms with Crippen LogP contribution < -0.4 is 10.6 Å². The molecule has 0 atom stereocenters. The Morgan fingerprint density at radius 2 is 1.96 bits per heavy atom. The average Bonchev–Trinajstić information content (AvgIpc) is 3.35. The zero-order chi connectivity index (χ0) is 17.3. The lowest BCUT2D eigenvalue weighted by Gasteiger charge is -2.05. The molecule has 2 heterocycles. The van der Waals surface area contributed by atoms with Gasteiger partial charge in [-0.3, -0.25) is 9.59 Å². The van der Waals surface area contributed by atoms with Gasteiger partial charge in [0.15, 0.2) is 0 Å². The maximum atomic E-state index is 12.4. The minimum atomic E-state index is -0.227. The molecule has 0 aromatic carbocycles. The first-order chi connectivity index (χ1) is 11.5. The number of thiophene rings is 1. The van der Waals surface area contributed by atoms with Crippen LogP contribution in [0.15, 0.2) is 0 Å². The standard InChI is InChI=1S/C17H22N4O2S/c1-4-7-18-12(22)8-19-16(23)14-9(2)13-10(3)20-15(11-5-6-11)21-17(13)24-14/h11H,4-8H2,1-3H3,(H,18,22)(H,19,23). The third-order valence-electron chi connectivity index (χ3n) is 4.12. The van der Waals surface area contributed by atoms with Gasteiger partial charge in [0.25, 0.3) is 5.91 Å². The molecule has 2 aromatic rings. The van der Waals surface area contributed by atoms with Crippen molar-refractivity contribution >= 4 is 33.4 Å². The van der Waals surface area contributed by atoms with Crippen molar-refractivity contribution in [2.45, 2.75) is 46.0 Å². The summed E-state index contributed by atoms with van der Waals surface area (Å²) in [6.07, 6.45) is 3.17. The maximum Gasteiger partial charge on any atom is 0.262 e. The summed E-state index contributed by atoms with van der Waals surface area (Å²) < 4.78 is 0. The number of nitrogens with one attached hydrogen (secondary N) is 2. The minimum Gasteiger partial charge on any atom is -0.355 e. The highest BCUT2D eigenvalue weighted by atomic mass is 32.1. The molecule has 3 rings (SSSR count). The van der Waals surface area contributed by atoms with Crippen LogP contribution in [0.5, 0.6) is 0 Å². The second-order valence-electron chi connectivity index (χ2n) is 6.21. The van der Waals surface area contributed by atoms with Crippen LogP contribution in [-0.2, 0) is 4.79 Å². The molecule has 0 bridgehead atoms. The Bertz CT molecular complexity index is 795. The van der Waals surface area contributed by atoms with Crippen molar-refractivity contribution in [1.29, 1.82) is 0 Å². The minimum absolute atomic E-state index is 0.00942. The number of rotatable bonds is 6. The van der Waals surface area contributed by atoms with E-state index in [0.29, 0.717) is 17.3 Å². The Kier molecular flexibility index (Phi) is 4.80. The summed E-state index contributed by atoms with van der Waals surface area (Å²) in [5.41, 5.74) is 1.82. The van der Waals surface area contributed by atoms with E-state index in [-0.39, 0.29) is 18.4 Å². The molecule has 128 valence electrons. The van der Waals surface area contributed by atoms with Crippen LogP contribution in [0.25, 0.3) is 10.2 Å². The van der Waals surface area contributed by atoms with Gasteiger partial charge in [-0.05, 0) is 38.7 Å². The van der Waals surface area contributed by atoms with Gasteiger partial charge in [0, 0.05) is 17.8 Å². The Balaban J connectivity index is 1.79. The van der Waals surface area contributed by atoms with Gasteiger partial charge in [-0.2, -0.15) is 0 Å². The highest BCUT2D eigenvalue weighted by Gasteiger charge is 2.28. The fraction of sp³-hybridized carbons (Fsp3) is 0.529. The normalized spacial score (nSPS) is 14.0. The number of aromatic nitrogens is 2. The van der Waals surface area contributed by atoms with Crippen LogP contribution in [-0.4, -0.2) is 34.9 Å². The third kappa shape index (κ3) is 3.40. The molecule has 6 nitrogen and oxygen atoms in total. The van der Waals surface area contributed by atoms with Gasteiger partial charge in [-0.25, -0.2) is 9.97 Å². The van der Waals surface area contributed by atoms with E-state index in [1.54, 1.807) is 0 Å². The summed E-state index contributed by atoms with van der Waals surface area (Å²) >= 11 is 1.38. The molecule has 2 aromatic heterocycles. The summed E-state index contributed by atoms with van der Waals surface area (Å²) in [7, 11) is 0. The summed E-state index contributed by atoms with van der Waals surface area (Å²) in [5, 5.41) is 6.40. The first kappa shape index (κ1) is 16.8. The summed E-state index contributed by atoms with van der Waals surface area (Å²) in [4.78, 5) is 34.8. The van der Waals surface area contributed by atoms with E-state index in [1.165, 1.54) is 11.3 Å². The molecule has 1 aliphatic rings. The Morgan fingerprint density at radius 3 is 2.62 bits per heavy atom. The van der Waals surface area contributed by atoms with Crippen molar-refractivity contribution < 1.29 is 9.59 Å². The number of nitrogens with zero attached hydrogens (tertiary/aromatic N) is 2. The van der Waals surface area contributed by atoms with E-state index < -0.39 is 0 Å². The summed E-state index contributed by atoms with van der Waals surface area (Å²) in [6, 6.07) is 0. The molecule has 0 aliphatic heterocycles. The fourth-order valence-electron chi connectivity index (χ4n) is 2.67. The van der Waals surface area contributed by atoms with E-state index in [2.05, 4.69) is 20.6 Å². The number of fused-ring (bicyclic) bond motifs is 1. The Hall–Kier alpha value is -2.02. The predicted octanol–water partition coefficient (Wildman–Crippen LogP) is 2.44. The van der Waals surface area contributed by atoms with Crippen LogP contribution in [0.3, 0.4) is 0 Å². The number of aryl methyl sites for hydroxylation is 2. The highest BCUT2D eigenvalue weighted by Crippen LogP contribution is 2.40. The number of carbonyl (C=O) groups is 2. The smallest absolute Gasteiger partial charge is 0.262 e. The van der Waals surface area contributed by atoms with Crippen molar-refractivity contribution in [2.24, 2.45) is 0 Å². The van der Waals surface area contributed by atoms with Crippen molar-refractivity contribution in [3.05, 3.63) is 22.0 Å². The Labute approximate surface area is 145 Å². The molecule has 0 saturated heterocycles. The van der Waals surface area contributed by atoms with Crippen molar-refractivity contribution in [3.63, 3.8) is 0 Å². The van der Waals surface area contributed by atoms with Crippen molar-refractivity contribution in [3.8, 4) is 0 Å². The van der Waals surface area contributed by atoms with Gasteiger partial charge in [-0.15, -0.1) is 11.3 Å². The average molecular weight is 346 g/mol. The summed E-state index contributed by atoms with van der Waals surface area (Å²) in [5.74, 6) is 0.979. The lowest BCUT2D eigenvalue weighted by molar-refractivity contribution is -0.120. The van der Waals surface area contributed by atoms with Crippen LogP contribution in [0.1, 0.15) is 58.9 Å². The van der Waals surface area contributed by atoms with Crippen LogP contribution in [0.2, 0.25) is 0 Å².